The first kappa shape index (κ1) is 13.3. The molecular formula is C16H19BrN4. The number of fused-ring (bicyclic) bond motifs is 1. The van der Waals surface area contributed by atoms with Gasteiger partial charge in [-0.05, 0) is 46.8 Å². The van der Waals surface area contributed by atoms with Crippen molar-refractivity contribution in [3.8, 4) is 0 Å². The van der Waals surface area contributed by atoms with Crippen LogP contribution in [-0.4, -0.2) is 21.3 Å². The van der Waals surface area contributed by atoms with Gasteiger partial charge >= 0.3 is 0 Å². The SMILES string of the molecule is Brc1c(C2CCCC2)nn2c1NCCC2c1cccnc1. The van der Waals surface area contributed by atoms with Crippen LogP contribution in [0.1, 0.15) is 55.3 Å². The van der Waals surface area contributed by atoms with Crippen molar-refractivity contribution in [1.29, 1.82) is 0 Å². The Bertz CT molecular complexity index is 631. The molecule has 1 aliphatic carbocycles. The number of hydrogen-bond acceptors (Lipinski definition) is 3. The van der Waals surface area contributed by atoms with Crippen molar-refractivity contribution in [2.45, 2.75) is 44.1 Å². The van der Waals surface area contributed by atoms with E-state index in [-0.39, 0.29) is 0 Å². The molecule has 2 aliphatic rings. The van der Waals surface area contributed by atoms with Gasteiger partial charge in [0.05, 0.1) is 16.2 Å². The highest BCUT2D eigenvalue weighted by Gasteiger charge is 2.30. The number of halogens is 1. The van der Waals surface area contributed by atoms with Crippen LogP contribution in [0.15, 0.2) is 29.0 Å². The summed E-state index contributed by atoms with van der Waals surface area (Å²) in [6, 6.07) is 4.45. The first-order valence-electron chi connectivity index (χ1n) is 7.76. The van der Waals surface area contributed by atoms with E-state index in [1.165, 1.54) is 41.4 Å². The van der Waals surface area contributed by atoms with Crippen LogP contribution in [-0.2, 0) is 0 Å². The van der Waals surface area contributed by atoms with E-state index in [4.69, 9.17) is 5.10 Å². The molecule has 1 atom stereocenters. The molecule has 110 valence electrons. The van der Waals surface area contributed by atoms with E-state index in [0.717, 1.165) is 18.8 Å². The van der Waals surface area contributed by atoms with Gasteiger partial charge in [0.15, 0.2) is 0 Å². The summed E-state index contributed by atoms with van der Waals surface area (Å²) in [6.07, 6.45) is 10.0. The Balaban J connectivity index is 1.76. The predicted octanol–water partition coefficient (Wildman–Crippen LogP) is 4.10. The van der Waals surface area contributed by atoms with Gasteiger partial charge in [0, 0.05) is 24.9 Å². The van der Waals surface area contributed by atoms with Gasteiger partial charge in [0.2, 0.25) is 0 Å². The molecule has 0 amide bonds. The van der Waals surface area contributed by atoms with E-state index >= 15 is 0 Å². The molecule has 3 heterocycles. The monoisotopic (exact) mass is 346 g/mol. The maximum Gasteiger partial charge on any atom is 0.139 e. The Hall–Kier alpha value is -1.36. The zero-order valence-electron chi connectivity index (χ0n) is 11.9. The summed E-state index contributed by atoms with van der Waals surface area (Å²) in [4.78, 5) is 4.27. The minimum atomic E-state index is 0.293. The normalized spacial score (nSPS) is 22.0. The third kappa shape index (κ3) is 2.27. The van der Waals surface area contributed by atoms with Crippen molar-refractivity contribution >= 4 is 21.7 Å². The van der Waals surface area contributed by atoms with Gasteiger partial charge in [0.1, 0.15) is 5.82 Å². The lowest BCUT2D eigenvalue weighted by Crippen LogP contribution is -2.24. The lowest BCUT2D eigenvalue weighted by Gasteiger charge is -2.25. The highest BCUT2D eigenvalue weighted by Crippen LogP contribution is 2.42. The van der Waals surface area contributed by atoms with Gasteiger partial charge in [0.25, 0.3) is 0 Å². The number of pyridine rings is 1. The van der Waals surface area contributed by atoms with E-state index < -0.39 is 0 Å². The molecule has 1 saturated carbocycles. The number of nitrogens with zero attached hydrogens (tertiary/aromatic N) is 3. The van der Waals surface area contributed by atoms with Crippen LogP contribution in [0.3, 0.4) is 0 Å². The van der Waals surface area contributed by atoms with Crippen LogP contribution in [0, 0.1) is 0 Å². The molecule has 0 spiro atoms. The molecule has 2 aromatic heterocycles. The zero-order valence-corrected chi connectivity index (χ0v) is 13.5. The summed E-state index contributed by atoms with van der Waals surface area (Å²) in [5, 5.41) is 8.48. The molecule has 0 aromatic carbocycles. The molecule has 0 saturated heterocycles. The summed E-state index contributed by atoms with van der Waals surface area (Å²) in [6.45, 7) is 0.980. The molecule has 1 unspecified atom stereocenters. The molecule has 0 radical (unpaired) electrons. The summed E-state index contributed by atoms with van der Waals surface area (Å²) in [5.41, 5.74) is 2.49. The first-order chi connectivity index (χ1) is 10.3. The average Bonchev–Trinajstić information content (AvgIpc) is 3.16. The largest absolute Gasteiger partial charge is 0.369 e. The number of hydrogen-bond donors (Lipinski definition) is 1. The standard InChI is InChI=1S/C16H19BrN4/c17-14-15(11-4-1-2-5-11)20-21-13(7-9-19-16(14)21)12-6-3-8-18-10-12/h3,6,8,10-11,13,19H,1-2,4-5,7,9H2. The van der Waals surface area contributed by atoms with Crippen molar-refractivity contribution in [3.05, 3.63) is 40.3 Å². The Morgan fingerprint density at radius 1 is 1.24 bits per heavy atom. The zero-order chi connectivity index (χ0) is 14.2. The number of rotatable bonds is 2. The van der Waals surface area contributed by atoms with Crippen molar-refractivity contribution in [2.24, 2.45) is 0 Å². The van der Waals surface area contributed by atoms with Crippen LogP contribution in [0.4, 0.5) is 5.82 Å². The molecular weight excluding hydrogens is 328 g/mol. The fourth-order valence-electron chi connectivity index (χ4n) is 3.61. The van der Waals surface area contributed by atoms with Gasteiger partial charge in [-0.1, -0.05) is 18.9 Å². The molecule has 0 bridgehead atoms. The van der Waals surface area contributed by atoms with Gasteiger partial charge in [-0.3, -0.25) is 4.98 Å². The van der Waals surface area contributed by atoms with Crippen LogP contribution in [0.5, 0.6) is 0 Å². The summed E-state index contributed by atoms with van der Waals surface area (Å²) >= 11 is 3.79. The molecule has 4 rings (SSSR count). The van der Waals surface area contributed by atoms with Crippen LogP contribution < -0.4 is 5.32 Å². The average molecular weight is 347 g/mol. The van der Waals surface area contributed by atoms with E-state index in [2.05, 4.69) is 37.0 Å². The highest BCUT2D eigenvalue weighted by atomic mass is 79.9. The minimum absolute atomic E-state index is 0.293. The Morgan fingerprint density at radius 2 is 2.10 bits per heavy atom. The first-order valence-corrected chi connectivity index (χ1v) is 8.55. The molecule has 2 aromatic rings. The van der Waals surface area contributed by atoms with Crippen molar-refractivity contribution in [1.82, 2.24) is 14.8 Å². The van der Waals surface area contributed by atoms with Crippen LogP contribution in [0.2, 0.25) is 0 Å². The third-order valence-corrected chi connectivity index (χ3v) is 5.48. The van der Waals surface area contributed by atoms with E-state index in [9.17, 15) is 0 Å². The number of aromatic nitrogens is 3. The van der Waals surface area contributed by atoms with Gasteiger partial charge in [-0.2, -0.15) is 5.10 Å². The highest BCUT2D eigenvalue weighted by molar-refractivity contribution is 9.10. The molecule has 5 heteroatoms. The number of anilines is 1. The maximum atomic E-state index is 4.97. The fraction of sp³-hybridized carbons (Fsp3) is 0.500. The van der Waals surface area contributed by atoms with E-state index in [0.29, 0.717) is 12.0 Å². The molecule has 1 aliphatic heterocycles. The van der Waals surface area contributed by atoms with Crippen LogP contribution in [0.25, 0.3) is 0 Å². The van der Waals surface area contributed by atoms with Gasteiger partial charge in [-0.15, -0.1) is 0 Å². The second-order valence-corrected chi connectivity index (χ2v) is 6.78. The Morgan fingerprint density at radius 3 is 2.86 bits per heavy atom. The summed E-state index contributed by atoms with van der Waals surface area (Å²) in [5.74, 6) is 1.76. The minimum Gasteiger partial charge on any atom is -0.369 e. The third-order valence-electron chi connectivity index (χ3n) is 4.69. The number of nitrogens with one attached hydrogen (secondary N) is 1. The lowest BCUT2D eigenvalue weighted by molar-refractivity contribution is 0.472. The lowest BCUT2D eigenvalue weighted by atomic mass is 10.0. The van der Waals surface area contributed by atoms with Crippen molar-refractivity contribution < 1.29 is 0 Å². The Kier molecular flexibility index (Phi) is 3.45. The molecule has 21 heavy (non-hydrogen) atoms. The van der Waals surface area contributed by atoms with Gasteiger partial charge < -0.3 is 5.32 Å². The molecule has 1 N–H and O–H groups in total. The fourth-order valence-corrected chi connectivity index (χ4v) is 4.33. The van der Waals surface area contributed by atoms with E-state index in [1.54, 1.807) is 0 Å². The Labute approximate surface area is 133 Å². The predicted molar refractivity (Wildman–Crippen MR) is 86.6 cm³/mol. The van der Waals surface area contributed by atoms with E-state index in [1.807, 2.05) is 18.5 Å². The van der Waals surface area contributed by atoms with Gasteiger partial charge in [-0.25, -0.2) is 4.68 Å². The van der Waals surface area contributed by atoms with Crippen LogP contribution >= 0.6 is 15.9 Å². The summed E-state index contributed by atoms with van der Waals surface area (Å²) < 4.78 is 3.33. The topological polar surface area (TPSA) is 42.7 Å². The van der Waals surface area contributed by atoms with Crippen molar-refractivity contribution in [2.75, 3.05) is 11.9 Å². The molecule has 1 fully saturated rings. The second-order valence-electron chi connectivity index (χ2n) is 5.99. The molecule has 4 nitrogen and oxygen atoms in total. The second kappa shape index (κ2) is 5.44. The maximum absolute atomic E-state index is 4.97. The van der Waals surface area contributed by atoms with Crippen molar-refractivity contribution in [3.63, 3.8) is 0 Å². The summed E-state index contributed by atoms with van der Waals surface area (Å²) in [7, 11) is 0. The smallest absolute Gasteiger partial charge is 0.139 e. The quantitative estimate of drug-likeness (QED) is 0.889.